The van der Waals surface area contributed by atoms with E-state index in [-0.39, 0.29) is 12.4 Å². The molecule has 2 aromatic rings. The third-order valence-electron chi connectivity index (χ3n) is 3.50. The van der Waals surface area contributed by atoms with Crippen molar-refractivity contribution in [1.82, 2.24) is 4.90 Å². The van der Waals surface area contributed by atoms with Gasteiger partial charge in [-0.15, -0.1) is 0 Å². The zero-order valence-corrected chi connectivity index (χ0v) is 14.5. The topological polar surface area (TPSA) is 49.8 Å². The van der Waals surface area contributed by atoms with Crippen LogP contribution in [0.4, 0.5) is 0 Å². The number of hydrogen-bond acceptors (Lipinski definition) is 4. The van der Waals surface area contributed by atoms with Gasteiger partial charge < -0.3 is 9.84 Å². The first-order valence-corrected chi connectivity index (χ1v) is 8.26. The van der Waals surface area contributed by atoms with Gasteiger partial charge in [-0.25, -0.2) is 0 Å². The minimum Gasteiger partial charge on any atom is -0.493 e. The minimum atomic E-state index is 0.0597. The van der Waals surface area contributed by atoms with Crippen molar-refractivity contribution in [2.75, 3.05) is 26.8 Å². The summed E-state index contributed by atoms with van der Waals surface area (Å²) in [6, 6.07) is 14.7. The molecule has 0 spiro atoms. The molecule has 24 heavy (non-hydrogen) atoms. The molecule has 0 saturated heterocycles. The van der Waals surface area contributed by atoms with E-state index in [9.17, 15) is 4.79 Å². The summed E-state index contributed by atoms with van der Waals surface area (Å²) in [7, 11) is 1.91. The number of nitrogens with zero attached hydrogens (tertiary/aromatic N) is 1. The van der Waals surface area contributed by atoms with Gasteiger partial charge in [-0.2, -0.15) is 0 Å². The maximum Gasteiger partial charge on any atom is 0.176 e. The first-order valence-electron chi connectivity index (χ1n) is 7.88. The van der Waals surface area contributed by atoms with Crippen molar-refractivity contribution in [3.63, 3.8) is 0 Å². The maximum atomic E-state index is 12.3. The highest BCUT2D eigenvalue weighted by molar-refractivity contribution is 6.30. The van der Waals surface area contributed by atoms with E-state index < -0.39 is 0 Å². The Morgan fingerprint density at radius 1 is 1.21 bits per heavy atom. The van der Waals surface area contributed by atoms with Crippen LogP contribution in [0.2, 0.25) is 5.02 Å². The number of aliphatic hydroxyl groups excluding tert-OH is 1. The molecule has 0 bridgehead atoms. The maximum absolute atomic E-state index is 12.3. The van der Waals surface area contributed by atoms with Crippen molar-refractivity contribution < 1.29 is 14.6 Å². The molecule has 0 heterocycles. The van der Waals surface area contributed by atoms with Crippen LogP contribution < -0.4 is 4.74 Å². The number of Topliss-reactive ketones (excluding diaryl/α,β-unsaturated/α-hetero) is 1. The van der Waals surface area contributed by atoms with Gasteiger partial charge in [0, 0.05) is 30.2 Å². The van der Waals surface area contributed by atoms with Gasteiger partial charge in [0.15, 0.2) is 5.78 Å². The zero-order valence-electron chi connectivity index (χ0n) is 13.7. The third kappa shape index (κ3) is 5.96. The smallest absolute Gasteiger partial charge is 0.176 e. The standard InChI is InChI=1S/C19H22ClNO3/c1-21(14-19(23)16-6-8-17(20)9-7-16)13-15-4-2-5-18(12-15)24-11-3-10-22/h2,4-9,12,22H,3,10-11,13-14H2,1H3. The van der Waals surface area contributed by atoms with Crippen LogP contribution in [0.5, 0.6) is 5.75 Å². The highest BCUT2D eigenvalue weighted by Gasteiger charge is 2.10. The predicted octanol–water partition coefficient (Wildman–Crippen LogP) is 3.42. The Bertz CT molecular complexity index is 658. The minimum absolute atomic E-state index is 0.0597. The third-order valence-corrected chi connectivity index (χ3v) is 3.75. The second-order valence-electron chi connectivity index (χ2n) is 5.68. The highest BCUT2D eigenvalue weighted by atomic mass is 35.5. The van der Waals surface area contributed by atoms with Gasteiger partial charge >= 0.3 is 0 Å². The Balaban J connectivity index is 1.89. The molecule has 0 atom stereocenters. The molecular weight excluding hydrogens is 326 g/mol. The summed E-state index contributed by atoms with van der Waals surface area (Å²) in [6.45, 7) is 1.59. The second kappa shape index (κ2) is 9.42. The van der Waals surface area contributed by atoms with E-state index in [1.807, 2.05) is 36.2 Å². The molecular formula is C19H22ClNO3. The van der Waals surface area contributed by atoms with Gasteiger partial charge in [0.05, 0.1) is 13.2 Å². The number of carbonyl (C=O) groups is 1. The Hall–Kier alpha value is -1.88. The van der Waals surface area contributed by atoms with Crippen LogP contribution in [0.25, 0.3) is 0 Å². The van der Waals surface area contributed by atoms with E-state index in [0.717, 1.165) is 11.3 Å². The molecule has 0 amide bonds. The number of benzene rings is 2. The molecule has 0 aliphatic heterocycles. The van der Waals surface area contributed by atoms with Gasteiger partial charge in [0.1, 0.15) is 5.75 Å². The van der Waals surface area contributed by atoms with Gasteiger partial charge in [0.25, 0.3) is 0 Å². The number of halogens is 1. The predicted molar refractivity (Wildman–Crippen MR) is 95.8 cm³/mol. The SMILES string of the molecule is CN(CC(=O)c1ccc(Cl)cc1)Cc1cccc(OCCCO)c1. The normalized spacial score (nSPS) is 10.8. The van der Waals surface area contributed by atoms with E-state index in [2.05, 4.69) is 0 Å². The molecule has 0 saturated carbocycles. The van der Waals surface area contributed by atoms with Crippen LogP contribution in [-0.4, -0.2) is 42.6 Å². The molecule has 1 N–H and O–H groups in total. The molecule has 2 aromatic carbocycles. The molecule has 0 radical (unpaired) electrons. The van der Waals surface area contributed by atoms with E-state index in [0.29, 0.717) is 36.7 Å². The van der Waals surface area contributed by atoms with Gasteiger partial charge in [-0.05, 0) is 49.0 Å². The van der Waals surface area contributed by atoms with Crippen LogP contribution in [0, 0.1) is 0 Å². The van der Waals surface area contributed by atoms with Gasteiger partial charge in [0.2, 0.25) is 0 Å². The summed E-state index contributed by atoms with van der Waals surface area (Å²) in [5.74, 6) is 0.836. The van der Waals surface area contributed by atoms with Gasteiger partial charge in [-0.3, -0.25) is 9.69 Å². The van der Waals surface area contributed by atoms with Crippen molar-refractivity contribution in [3.05, 3.63) is 64.7 Å². The largest absolute Gasteiger partial charge is 0.493 e. The molecule has 5 heteroatoms. The molecule has 0 unspecified atom stereocenters. The van der Waals surface area contributed by atoms with Crippen molar-refractivity contribution in [3.8, 4) is 5.75 Å². The number of ether oxygens (including phenoxy) is 1. The molecule has 0 aromatic heterocycles. The number of likely N-dealkylation sites (N-methyl/N-ethyl adjacent to an activating group) is 1. The summed E-state index contributed by atoms with van der Waals surface area (Å²) >= 11 is 5.84. The van der Waals surface area contributed by atoms with Crippen LogP contribution in [0.1, 0.15) is 22.3 Å². The fourth-order valence-electron chi connectivity index (χ4n) is 2.33. The lowest BCUT2D eigenvalue weighted by molar-refractivity contribution is 0.0943. The Labute approximate surface area is 147 Å². The lowest BCUT2D eigenvalue weighted by Gasteiger charge is -2.16. The van der Waals surface area contributed by atoms with Crippen molar-refractivity contribution in [1.29, 1.82) is 0 Å². The van der Waals surface area contributed by atoms with Crippen LogP contribution >= 0.6 is 11.6 Å². The Kier molecular flexibility index (Phi) is 7.25. The first-order chi connectivity index (χ1) is 11.6. The van der Waals surface area contributed by atoms with E-state index in [4.69, 9.17) is 21.4 Å². The zero-order chi connectivity index (χ0) is 17.4. The average Bonchev–Trinajstić information content (AvgIpc) is 2.56. The fourth-order valence-corrected chi connectivity index (χ4v) is 2.45. The second-order valence-corrected chi connectivity index (χ2v) is 6.11. The van der Waals surface area contributed by atoms with E-state index in [1.165, 1.54) is 0 Å². The van der Waals surface area contributed by atoms with Crippen molar-refractivity contribution >= 4 is 17.4 Å². The monoisotopic (exact) mass is 347 g/mol. The molecule has 4 nitrogen and oxygen atoms in total. The fraction of sp³-hybridized carbons (Fsp3) is 0.316. The summed E-state index contributed by atoms with van der Waals surface area (Å²) in [6.07, 6.45) is 0.611. The van der Waals surface area contributed by atoms with Crippen molar-refractivity contribution in [2.24, 2.45) is 0 Å². The lowest BCUT2D eigenvalue weighted by atomic mass is 10.1. The molecule has 0 aliphatic rings. The summed E-state index contributed by atoms with van der Waals surface area (Å²) < 4.78 is 5.57. The Morgan fingerprint density at radius 3 is 2.67 bits per heavy atom. The molecule has 128 valence electrons. The number of ketones is 1. The first kappa shape index (κ1) is 18.5. The number of hydrogen-bond donors (Lipinski definition) is 1. The number of rotatable bonds is 9. The van der Waals surface area contributed by atoms with Gasteiger partial charge in [-0.1, -0.05) is 23.7 Å². The molecule has 0 fully saturated rings. The van der Waals surface area contributed by atoms with E-state index in [1.54, 1.807) is 24.3 Å². The number of carbonyl (C=O) groups excluding carboxylic acids is 1. The Morgan fingerprint density at radius 2 is 1.96 bits per heavy atom. The average molecular weight is 348 g/mol. The summed E-state index contributed by atoms with van der Waals surface area (Å²) in [5, 5.41) is 9.41. The van der Waals surface area contributed by atoms with Crippen LogP contribution in [-0.2, 0) is 6.54 Å². The summed E-state index contributed by atoms with van der Waals surface area (Å²) in [5.41, 5.74) is 1.73. The quantitative estimate of drug-likeness (QED) is 0.558. The molecule has 2 rings (SSSR count). The summed E-state index contributed by atoms with van der Waals surface area (Å²) in [4.78, 5) is 14.2. The number of aliphatic hydroxyl groups is 1. The highest BCUT2D eigenvalue weighted by Crippen LogP contribution is 2.15. The molecule has 0 aliphatic carbocycles. The van der Waals surface area contributed by atoms with E-state index >= 15 is 0 Å². The van der Waals surface area contributed by atoms with Crippen molar-refractivity contribution in [2.45, 2.75) is 13.0 Å². The lowest BCUT2D eigenvalue weighted by Crippen LogP contribution is -2.25. The van der Waals surface area contributed by atoms with Crippen LogP contribution in [0.15, 0.2) is 48.5 Å². The van der Waals surface area contributed by atoms with Crippen LogP contribution in [0.3, 0.4) is 0 Å².